The Hall–Kier alpha value is -1.41. The summed E-state index contributed by atoms with van der Waals surface area (Å²) in [5.41, 5.74) is 2.04. The number of nitriles is 1. The molecule has 0 saturated carbocycles. The highest BCUT2D eigenvalue weighted by molar-refractivity contribution is 5.31. The van der Waals surface area contributed by atoms with Crippen molar-refractivity contribution in [3.05, 3.63) is 35.4 Å². The highest BCUT2D eigenvalue weighted by Crippen LogP contribution is 2.16. The highest BCUT2D eigenvalue weighted by Gasteiger charge is 2.20. The van der Waals surface area contributed by atoms with Crippen LogP contribution in [0.25, 0.3) is 0 Å². The van der Waals surface area contributed by atoms with Crippen molar-refractivity contribution in [3.63, 3.8) is 0 Å². The van der Waals surface area contributed by atoms with E-state index in [0.29, 0.717) is 6.10 Å². The molecule has 1 unspecified atom stereocenters. The molecule has 2 heterocycles. The van der Waals surface area contributed by atoms with E-state index in [1.54, 1.807) is 0 Å². The third kappa shape index (κ3) is 5.04. The zero-order valence-electron chi connectivity index (χ0n) is 13.9. The third-order valence-corrected chi connectivity index (χ3v) is 4.91. The summed E-state index contributed by atoms with van der Waals surface area (Å²) in [5, 5.41) is 8.87. The van der Waals surface area contributed by atoms with Gasteiger partial charge in [0.05, 0.1) is 17.7 Å². The van der Waals surface area contributed by atoms with Crippen molar-refractivity contribution in [3.8, 4) is 6.07 Å². The van der Waals surface area contributed by atoms with Gasteiger partial charge in [0, 0.05) is 32.8 Å². The molecule has 1 aromatic rings. The van der Waals surface area contributed by atoms with Crippen molar-refractivity contribution in [1.29, 1.82) is 5.26 Å². The first-order valence-electron chi connectivity index (χ1n) is 8.89. The fourth-order valence-corrected chi connectivity index (χ4v) is 3.55. The van der Waals surface area contributed by atoms with Crippen LogP contribution in [0.1, 0.15) is 36.8 Å². The maximum Gasteiger partial charge on any atom is 0.0991 e. The summed E-state index contributed by atoms with van der Waals surface area (Å²) in [6.45, 7) is 7.63. The van der Waals surface area contributed by atoms with E-state index in [1.165, 1.54) is 37.8 Å². The van der Waals surface area contributed by atoms with Crippen LogP contribution in [0.5, 0.6) is 0 Å². The Morgan fingerprint density at radius 2 is 1.78 bits per heavy atom. The Labute approximate surface area is 139 Å². The molecule has 23 heavy (non-hydrogen) atoms. The van der Waals surface area contributed by atoms with Crippen LogP contribution in [-0.4, -0.2) is 55.2 Å². The second kappa shape index (κ2) is 8.44. The first-order chi connectivity index (χ1) is 11.3. The molecule has 2 saturated heterocycles. The van der Waals surface area contributed by atoms with E-state index >= 15 is 0 Å². The Kier molecular flexibility index (Phi) is 6.04. The molecule has 0 aliphatic carbocycles. The molecule has 3 rings (SSSR count). The van der Waals surface area contributed by atoms with Gasteiger partial charge in [0.25, 0.3) is 0 Å². The van der Waals surface area contributed by atoms with Crippen molar-refractivity contribution >= 4 is 0 Å². The third-order valence-electron chi connectivity index (χ3n) is 4.91. The normalized spacial score (nSPS) is 24.0. The molecule has 2 aliphatic heterocycles. The zero-order valence-corrected chi connectivity index (χ0v) is 13.9. The summed E-state index contributed by atoms with van der Waals surface area (Å²) in [6, 6.07) is 10.2. The number of benzene rings is 1. The summed E-state index contributed by atoms with van der Waals surface area (Å²) < 4.78 is 5.88. The predicted molar refractivity (Wildman–Crippen MR) is 91.1 cm³/mol. The zero-order chi connectivity index (χ0) is 15.9. The van der Waals surface area contributed by atoms with Crippen LogP contribution in [0.3, 0.4) is 0 Å². The van der Waals surface area contributed by atoms with Gasteiger partial charge in [-0.25, -0.2) is 0 Å². The number of hydrogen-bond donors (Lipinski definition) is 0. The van der Waals surface area contributed by atoms with E-state index < -0.39 is 0 Å². The first kappa shape index (κ1) is 16.4. The maximum absolute atomic E-state index is 8.87. The fraction of sp³-hybridized carbons (Fsp3) is 0.632. The summed E-state index contributed by atoms with van der Waals surface area (Å²) in [5.74, 6) is 0. The molecule has 4 nitrogen and oxygen atoms in total. The lowest BCUT2D eigenvalue weighted by atomic mass is 10.1. The van der Waals surface area contributed by atoms with Crippen LogP contribution < -0.4 is 0 Å². The molecule has 0 bridgehead atoms. The van der Waals surface area contributed by atoms with Gasteiger partial charge in [-0.15, -0.1) is 0 Å². The molecule has 4 heteroatoms. The topological polar surface area (TPSA) is 39.5 Å². The van der Waals surface area contributed by atoms with Gasteiger partial charge in [-0.3, -0.25) is 9.80 Å². The van der Waals surface area contributed by atoms with Gasteiger partial charge in [0.2, 0.25) is 0 Å². The Bertz CT molecular complexity index is 516. The van der Waals surface area contributed by atoms with Gasteiger partial charge >= 0.3 is 0 Å². The summed E-state index contributed by atoms with van der Waals surface area (Å²) in [6.07, 6.45) is 5.46. The molecular formula is C19H27N3O. The number of ether oxygens (including phenoxy) is 1. The van der Waals surface area contributed by atoms with Crippen LogP contribution in [-0.2, 0) is 11.3 Å². The average Bonchev–Trinajstić information content (AvgIpc) is 2.82. The van der Waals surface area contributed by atoms with Gasteiger partial charge in [-0.05, 0) is 56.5 Å². The largest absolute Gasteiger partial charge is 0.377 e. The number of hydrogen-bond acceptors (Lipinski definition) is 4. The van der Waals surface area contributed by atoms with E-state index in [9.17, 15) is 0 Å². The lowest BCUT2D eigenvalue weighted by molar-refractivity contribution is -0.00500. The maximum atomic E-state index is 8.87. The second-order valence-corrected chi connectivity index (χ2v) is 6.73. The molecule has 1 aromatic carbocycles. The number of nitrogens with zero attached hydrogens (tertiary/aromatic N) is 3. The van der Waals surface area contributed by atoms with Crippen molar-refractivity contribution in [2.45, 2.75) is 38.3 Å². The van der Waals surface area contributed by atoms with Crippen LogP contribution in [0.15, 0.2) is 24.3 Å². The minimum Gasteiger partial charge on any atom is -0.377 e. The average molecular weight is 313 g/mol. The summed E-state index contributed by atoms with van der Waals surface area (Å²) >= 11 is 0. The van der Waals surface area contributed by atoms with Gasteiger partial charge in [-0.1, -0.05) is 12.1 Å². The van der Waals surface area contributed by atoms with E-state index in [1.807, 2.05) is 12.1 Å². The van der Waals surface area contributed by atoms with Crippen molar-refractivity contribution < 1.29 is 4.74 Å². The van der Waals surface area contributed by atoms with E-state index in [0.717, 1.165) is 44.9 Å². The lowest BCUT2D eigenvalue weighted by Gasteiger charge is -2.29. The first-order valence-corrected chi connectivity index (χ1v) is 8.89. The smallest absolute Gasteiger partial charge is 0.0991 e. The van der Waals surface area contributed by atoms with Crippen LogP contribution in [0.4, 0.5) is 0 Å². The van der Waals surface area contributed by atoms with Crippen LogP contribution >= 0.6 is 0 Å². The van der Waals surface area contributed by atoms with Gasteiger partial charge in [0.15, 0.2) is 0 Å². The van der Waals surface area contributed by atoms with Crippen LogP contribution in [0, 0.1) is 11.3 Å². The Balaban J connectivity index is 1.46. The monoisotopic (exact) mass is 313 g/mol. The summed E-state index contributed by atoms with van der Waals surface area (Å²) in [4.78, 5) is 5.11. The second-order valence-electron chi connectivity index (χ2n) is 6.73. The van der Waals surface area contributed by atoms with E-state index in [-0.39, 0.29) is 0 Å². The van der Waals surface area contributed by atoms with Crippen molar-refractivity contribution in [1.82, 2.24) is 9.80 Å². The molecule has 0 N–H and O–H groups in total. The van der Waals surface area contributed by atoms with Gasteiger partial charge in [0.1, 0.15) is 0 Å². The molecule has 0 aromatic heterocycles. The highest BCUT2D eigenvalue weighted by atomic mass is 16.5. The summed E-state index contributed by atoms with van der Waals surface area (Å²) in [7, 11) is 0. The molecule has 124 valence electrons. The molecule has 0 radical (unpaired) electrons. The Morgan fingerprint density at radius 3 is 2.52 bits per heavy atom. The minimum atomic E-state index is 0.453. The van der Waals surface area contributed by atoms with Crippen LogP contribution in [0.2, 0.25) is 0 Å². The van der Waals surface area contributed by atoms with E-state index in [4.69, 9.17) is 10.00 Å². The van der Waals surface area contributed by atoms with Gasteiger partial charge in [-0.2, -0.15) is 5.26 Å². The minimum absolute atomic E-state index is 0.453. The standard InChI is InChI=1S/C19H27N3O/c20-14-17-5-7-18(8-6-17)15-21-9-3-10-22(12-11-21)16-19-4-1-2-13-23-19/h5-8,19H,1-4,9-13,15-16H2. The lowest BCUT2D eigenvalue weighted by Crippen LogP contribution is -2.38. The molecule has 0 spiro atoms. The molecular weight excluding hydrogens is 286 g/mol. The SMILES string of the molecule is N#Cc1ccc(CN2CCCN(CC3CCCCO3)CC2)cc1. The quantitative estimate of drug-likeness (QED) is 0.857. The molecule has 0 amide bonds. The molecule has 1 atom stereocenters. The molecule has 2 aliphatic rings. The van der Waals surface area contributed by atoms with Gasteiger partial charge < -0.3 is 4.74 Å². The fourth-order valence-electron chi connectivity index (χ4n) is 3.55. The molecule has 2 fully saturated rings. The van der Waals surface area contributed by atoms with Crippen molar-refractivity contribution in [2.24, 2.45) is 0 Å². The van der Waals surface area contributed by atoms with Crippen molar-refractivity contribution in [2.75, 3.05) is 39.3 Å². The Morgan fingerprint density at radius 1 is 1.00 bits per heavy atom. The predicted octanol–water partition coefficient (Wildman–Crippen LogP) is 2.64. The van der Waals surface area contributed by atoms with E-state index in [2.05, 4.69) is 28.0 Å². The number of rotatable bonds is 4.